The molecular weight excluding hydrogens is 479 g/mol. The molecule has 206 valence electrons. The van der Waals surface area contributed by atoms with Gasteiger partial charge in [0.25, 0.3) is 5.91 Å². The Hall–Kier alpha value is -2.84. The van der Waals surface area contributed by atoms with Crippen molar-refractivity contribution in [2.24, 2.45) is 17.3 Å². The summed E-state index contributed by atoms with van der Waals surface area (Å²) in [5.74, 6) is -1.86. The number of hydrogen-bond acceptors (Lipinski definition) is 5. The average molecular weight is 521 g/mol. The normalized spacial score (nSPS) is 25.5. The molecule has 2 saturated carbocycles. The number of nitrogens with one attached hydrogen (secondary N) is 2. The van der Waals surface area contributed by atoms with E-state index in [4.69, 9.17) is 9.47 Å². The van der Waals surface area contributed by atoms with Gasteiger partial charge in [0.05, 0.1) is 30.1 Å². The molecule has 0 saturated heterocycles. The van der Waals surface area contributed by atoms with Gasteiger partial charge in [0.2, 0.25) is 5.91 Å². The number of methoxy groups -OCH3 is 1. The highest BCUT2D eigenvalue weighted by molar-refractivity contribution is 5.98. The van der Waals surface area contributed by atoms with Crippen LogP contribution in [0.2, 0.25) is 0 Å². The van der Waals surface area contributed by atoms with Crippen molar-refractivity contribution in [1.29, 1.82) is 0 Å². The maximum Gasteiger partial charge on any atom is 0.309 e. The number of carbonyl (C=O) groups excluding carboxylic acids is 2. The molecule has 1 aromatic rings. The quantitative estimate of drug-likeness (QED) is 0.390. The van der Waals surface area contributed by atoms with Gasteiger partial charge < -0.3 is 25.2 Å². The first-order valence-electron chi connectivity index (χ1n) is 13.5. The highest BCUT2D eigenvalue weighted by Crippen LogP contribution is 2.38. The van der Waals surface area contributed by atoms with Crippen LogP contribution >= 0.6 is 0 Å². The molecule has 9 heteroatoms. The number of benzene rings is 1. The number of hydrogen-bond donors (Lipinski definition) is 3. The lowest BCUT2D eigenvalue weighted by Gasteiger charge is -2.34. The summed E-state index contributed by atoms with van der Waals surface area (Å²) in [6.45, 7) is 6.55. The minimum atomic E-state index is -0.838. The molecule has 2 aliphatic carbocycles. The average Bonchev–Trinajstić information content (AvgIpc) is 3.34. The number of carboxylic acid groups (broad SMARTS) is 1. The van der Waals surface area contributed by atoms with E-state index in [9.17, 15) is 23.9 Å². The molecule has 2 atom stereocenters. The predicted molar refractivity (Wildman–Crippen MR) is 137 cm³/mol. The second-order valence-corrected chi connectivity index (χ2v) is 10.7. The van der Waals surface area contributed by atoms with Crippen LogP contribution in [0.1, 0.15) is 88.9 Å². The van der Waals surface area contributed by atoms with Gasteiger partial charge in [0, 0.05) is 18.7 Å². The topological polar surface area (TPSA) is 114 Å². The third-order valence-corrected chi connectivity index (χ3v) is 8.23. The molecule has 3 rings (SSSR count). The van der Waals surface area contributed by atoms with Crippen LogP contribution in [0.3, 0.4) is 0 Å². The maximum atomic E-state index is 14.8. The molecule has 3 N–H and O–H groups in total. The zero-order chi connectivity index (χ0) is 27.2. The Morgan fingerprint density at radius 3 is 2.38 bits per heavy atom. The molecule has 8 nitrogen and oxygen atoms in total. The van der Waals surface area contributed by atoms with Crippen LogP contribution in [0.5, 0.6) is 11.5 Å². The van der Waals surface area contributed by atoms with E-state index in [0.717, 1.165) is 25.3 Å². The Kier molecular flexibility index (Phi) is 9.79. The SMILES string of the molecule is CCC(CC)CNC(=O)[C@H]1CCC[C@H]1NC(=O)c1cc(O[C@H]2CC[C@@](C)(C(=O)O)CC2)c(F)cc1OC. The first-order chi connectivity index (χ1) is 17.6. The number of halogens is 1. The molecule has 2 fully saturated rings. The van der Waals surface area contributed by atoms with Crippen molar-refractivity contribution >= 4 is 17.8 Å². The van der Waals surface area contributed by atoms with Gasteiger partial charge >= 0.3 is 5.97 Å². The third kappa shape index (κ3) is 6.93. The van der Waals surface area contributed by atoms with Gasteiger partial charge in [-0.1, -0.05) is 33.1 Å². The van der Waals surface area contributed by atoms with Crippen LogP contribution in [0.25, 0.3) is 0 Å². The lowest BCUT2D eigenvalue weighted by molar-refractivity contribution is -0.150. The Balaban J connectivity index is 1.68. The fourth-order valence-corrected chi connectivity index (χ4v) is 5.36. The van der Waals surface area contributed by atoms with Gasteiger partial charge in [-0.3, -0.25) is 14.4 Å². The third-order valence-electron chi connectivity index (χ3n) is 8.23. The Labute approximate surface area is 218 Å². The van der Waals surface area contributed by atoms with Gasteiger partial charge in [0.15, 0.2) is 11.6 Å². The number of amides is 2. The van der Waals surface area contributed by atoms with Crippen molar-refractivity contribution in [1.82, 2.24) is 10.6 Å². The van der Waals surface area contributed by atoms with Crippen LogP contribution < -0.4 is 20.1 Å². The maximum absolute atomic E-state index is 14.8. The van der Waals surface area contributed by atoms with Gasteiger partial charge in [-0.15, -0.1) is 0 Å². The standard InChI is InChI=1S/C28H41FN2O6/c1-5-17(6-2)16-30-25(32)19-8-7-9-22(19)31-26(33)20-14-24(21(29)15-23(20)36-4)37-18-10-12-28(3,13-11-18)27(34)35/h14-15,17-19,22H,5-13,16H2,1-4H3,(H,30,32)(H,31,33)(H,34,35)/t18-,19-,22+,28+/m0/s1. The van der Waals surface area contributed by atoms with Crippen LogP contribution in [0.15, 0.2) is 12.1 Å². The van der Waals surface area contributed by atoms with E-state index in [1.165, 1.54) is 13.2 Å². The van der Waals surface area contributed by atoms with E-state index in [2.05, 4.69) is 24.5 Å². The van der Waals surface area contributed by atoms with Gasteiger partial charge in [-0.25, -0.2) is 4.39 Å². The minimum Gasteiger partial charge on any atom is -0.496 e. The van der Waals surface area contributed by atoms with Crippen molar-refractivity contribution in [2.75, 3.05) is 13.7 Å². The summed E-state index contributed by atoms with van der Waals surface area (Å²) >= 11 is 0. The lowest BCUT2D eigenvalue weighted by atomic mass is 9.75. The minimum absolute atomic E-state index is 0.0459. The fourth-order valence-electron chi connectivity index (χ4n) is 5.36. The largest absolute Gasteiger partial charge is 0.496 e. The summed E-state index contributed by atoms with van der Waals surface area (Å²) in [4.78, 5) is 37.6. The fraction of sp³-hybridized carbons (Fsp3) is 0.679. The molecule has 2 amide bonds. The molecule has 0 spiro atoms. The Morgan fingerprint density at radius 2 is 1.78 bits per heavy atom. The Bertz CT molecular complexity index is 972. The highest BCUT2D eigenvalue weighted by Gasteiger charge is 2.39. The van der Waals surface area contributed by atoms with Crippen molar-refractivity contribution in [3.8, 4) is 11.5 Å². The van der Waals surface area contributed by atoms with Crippen LogP contribution in [-0.4, -0.2) is 48.7 Å². The molecule has 0 heterocycles. The molecule has 0 radical (unpaired) electrons. The van der Waals surface area contributed by atoms with E-state index in [0.29, 0.717) is 51.0 Å². The van der Waals surface area contributed by atoms with Crippen LogP contribution in [-0.2, 0) is 9.59 Å². The summed E-state index contributed by atoms with van der Waals surface area (Å²) in [6.07, 6.45) is 5.69. The molecule has 37 heavy (non-hydrogen) atoms. The van der Waals surface area contributed by atoms with Crippen molar-refractivity contribution in [3.05, 3.63) is 23.5 Å². The second-order valence-electron chi connectivity index (χ2n) is 10.7. The first-order valence-corrected chi connectivity index (χ1v) is 13.5. The first kappa shape index (κ1) is 28.7. The number of carbonyl (C=O) groups is 3. The monoisotopic (exact) mass is 520 g/mol. The van der Waals surface area contributed by atoms with Crippen molar-refractivity contribution < 1.29 is 33.4 Å². The van der Waals surface area contributed by atoms with E-state index in [1.54, 1.807) is 6.92 Å². The number of aliphatic carboxylic acids is 1. The van der Waals surface area contributed by atoms with E-state index in [-0.39, 0.29) is 41.0 Å². The van der Waals surface area contributed by atoms with Crippen molar-refractivity contribution in [2.45, 2.75) is 90.7 Å². The summed E-state index contributed by atoms with van der Waals surface area (Å²) in [6, 6.07) is 2.15. The van der Waals surface area contributed by atoms with E-state index in [1.807, 2.05) is 0 Å². The zero-order valence-corrected chi connectivity index (χ0v) is 22.4. The molecule has 1 aromatic carbocycles. The van der Waals surface area contributed by atoms with E-state index >= 15 is 0 Å². The molecule has 0 aliphatic heterocycles. The molecule has 0 unspecified atom stereocenters. The summed E-state index contributed by atoms with van der Waals surface area (Å²) in [5.41, 5.74) is -0.672. The number of ether oxygens (including phenoxy) is 2. The lowest BCUT2D eigenvalue weighted by Crippen LogP contribution is -2.45. The Morgan fingerprint density at radius 1 is 1.11 bits per heavy atom. The number of carboxylic acids is 1. The molecule has 2 aliphatic rings. The van der Waals surface area contributed by atoms with Crippen LogP contribution in [0, 0.1) is 23.1 Å². The summed E-state index contributed by atoms with van der Waals surface area (Å²) in [5, 5.41) is 15.4. The van der Waals surface area contributed by atoms with Crippen LogP contribution in [0.4, 0.5) is 4.39 Å². The van der Waals surface area contributed by atoms with Gasteiger partial charge in [-0.05, 0) is 57.4 Å². The zero-order valence-electron chi connectivity index (χ0n) is 22.4. The van der Waals surface area contributed by atoms with E-state index < -0.39 is 23.1 Å². The van der Waals surface area contributed by atoms with Crippen molar-refractivity contribution in [3.63, 3.8) is 0 Å². The smallest absolute Gasteiger partial charge is 0.309 e. The van der Waals surface area contributed by atoms with Gasteiger partial charge in [0.1, 0.15) is 5.75 Å². The second kappa shape index (κ2) is 12.6. The highest BCUT2D eigenvalue weighted by atomic mass is 19.1. The predicted octanol–water partition coefficient (Wildman–Crippen LogP) is 4.70. The number of rotatable bonds is 11. The molecular formula is C28H41FN2O6. The summed E-state index contributed by atoms with van der Waals surface area (Å²) < 4.78 is 26.0. The molecule has 0 aromatic heterocycles. The summed E-state index contributed by atoms with van der Waals surface area (Å²) in [7, 11) is 1.36. The molecule has 0 bridgehead atoms. The van der Waals surface area contributed by atoms with Gasteiger partial charge in [-0.2, -0.15) is 0 Å².